The van der Waals surface area contributed by atoms with Crippen molar-refractivity contribution in [3.8, 4) is 0 Å². The summed E-state index contributed by atoms with van der Waals surface area (Å²) in [6.45, 7) is 2.02. The van der Waals surface area contributed by atoms with E-state index in [-0.39, 0.29) is 49.0 Å². The molecule has 0 aliphatic carbocycles. The second-order valence-corrected chi connectivity index (χ2v) is 10.6. The molecule has 4 N–H and O–H groups in total. The van der Waals surface area contributed by atoms with Crippen molar-refractivity contribution in [3.63, 3.8) is 0 Å². The summed E-state index contributed by atoms with van der Waals surface area (Å²) in [6.07, 6.45) is -1.53. The molecule has 4 atom stereocenters. The fourth-order valence-corrected chi connectivity index (χ4v) is 5.42. The Hall–Kier alpha value is -3.70. The van der Waals surface area contributed by atoms with Gasteiger partial charge < -0.3 is 30.1 Å². The number of anilines is 1. The summed E-state index contributed by atoms with van der Waals surface area (Å²) < 4.78 is 12.9. The molecule has 4 rings (SSSR count). The van der Waals surface area contributed by atoms with Crippen LogP contribution in [0.3, 0.4) is 0 Å². The molecule has 0 aromatic heterocycles. The molecular formula is C30H31NO8S. The predicted octanol–water partition coefficient (Wildman–Crippen LogP) is 5.26. The number of amides is 1. The highest BCUT2D eigenvalue weighted by Crippen LogP contribution is 2.43. The van der Waals surface area contributed by atoms with Crippen LogP contribution in [0.1, 0.15) is 59.2 Å². The van der Waals surface area contributed by atoms with Crippen LogP contribution < -0.4 is 5.32 Å². The van der Waals surface area contributed by atoms with E-state index >= 15 is 0 Å². The molecule has 0 bridgehead atoms. The van der Waals surface area contributed by atoms with Gasteiger partial charge in [0.05, 0.1) is 30.8 Å². The van der Waals surface area contributed by atoms with E-state index in [0.29, 0.717) is 11.4 Å². The topological polar surface area (TPSA) is 142 Å². The van der Waals surface area contributed by atoms with Crippen LogP contribution >= 0.6 is 11.8 Å². The Morgan fingerprint density at radius 1 is 0.850 bits per heavy atom. The zero-order valence-electron chi connectivity index (χ0n) is 21.9. The van der Waals surface area contributed by atoms with Crippen LogP contribution in [0.2, 0.25) is 0 Å². The summed E-state index contributed by atoms with van der Waals surface area (Å²) in [5.74, 6) is -1.79. The van der Waals surface area contributed by atoms with Gasteiger partial charge in [-0.15, -0.1) is 11.8 Å². The van der Waals surface area contributed by atoms with Crippen molar-refractivity contribution in [2.45, 2.75) is 49.8 Å². The maximum atomic E-state index is 12.0. The van der Waals surface area contributed by atoms with E-state index in [1.54, 1.807) is 60.3 Å². The normalized spacial score (nSPS) is 20.6. The summed E-state index contributed by atoms with van der Waals surface area (Å²) in [4.78, 5) is 34.8. The average Bonchev–Trinajstić information content (AvgIpc) is 2.96. The Kier molecular flexibility index (Phi) is 9.94. The van der Waals surface area contributed by atoms with Gasteiger partial charge in [0.15, 0.2) is 6.29 Å². The van der Waals surface area contributed by atoms with Crippen molar-refractivity contribution < 1.29 is 39.2 Å². The van der Waals surface area contributed by atoms with Gasteiger partial charge in [0.25, 0.3) is 0 Å². The summed E-state index contributed by atoms with van der Waals surface area (Å²) >= 11 is 1.57. The number of carboxylic acids is 2. The van der Waals surface area contributed by atoms with Crippen LogP contribution in [0.5, 0.6) is 0 Å². The maximum Gasteiger partial charge on any atom is 0.335 e. The van der Waals surface area contributed by atoms with Crippen LogP contribution in [0.15, 0.2) is 77.7 Å². The van der Waals surface area contributed by atoms with E-state index in [2.05, 4.69) is 12.2 Å². The highest BCUT2D eigenvalue weighted by atomic mass is 32.2. The standard InChI is InChI=1S/C30H31NO8S/c1-18-25(17-40-24-12-8-21(9-13-24)29(36)37)38-30(39-28(18)20-4-2-19(16-32)3-5-20)22-6-10-23(11-7-22)31-26(33)14-15-27(34)35/h2-13,18,25,28,30,32H,14-17H2,1H3,(H,31,33)(H,34,35)(H,36,37)/t18-,25+,28+,30+/m0/s1. The monoisotopic (exact) mass is 565 g/mol. The van der Waals surface area contributed by atoms with E-state index in [0.717, 1.165) is 21.6 Å². The smallest absolute Gasteiger partial charge is 0.335 e. The molecule has 0 spiro atoms. The van der Waals surface area contributed by atoms with Gasteiger partial charge in [-0.2, -0.15) is 0 Å². The highest BCUT2D eigenvalue weighted by molar-refractivity contribution is 7.99. The first kappa shape index (κ1) is 29.3. The van der Waals surface area contributed by atoms with Crippen LogP contribution in [-0.2, 0) is 25.7 Å². The summed E-state index contributed by atoms with van der Waals surface area (Å²) in [7, 11) is 0. The van der Waals surface area contributed by atoms with Crippen molar-refractivity contribution in [1.82, 2.24) is 0 Å². The molecule has 0 saturated carbocycles. The lowest BCUT2D eigenvalue weighted by atomic mass is 9.91. The second kappa shape index (κ2) is 13.6. The number of hydrogen-bond acceptors (Lipinski definition) is 7. The van der Waals surface area contributed by atoms with Crippen molar-refractivity contribution in [3.05, 3.63) is 95.1 Å². The first-order valence-electron chi connectivity index (χ1n) is 12.8. The lowest BCUT2D eigenvalue weighted by Gasteiger charge is -2.41. The minimum atomic E-state index is -1.03. The third-order valence-electron chi connectivity index (χ3n) is 6.67. The highest BCUT2D eigenvalue weighted by Gasteiger charge is 2.38. The van der Waals surface area contributed by atoms with E-state index < -0.39 is 18.2 Å². The van der Waals surface area contributed by atoms with E-state index in [1.165, 1.54) is 0 Å². The van der Waals surface area contributed by atoms with Gasteiger partial charge in [-0.05, 0) is 47.5 Å². The Morgan fingerprint density at radius 2 is 1.50 bits per heavy atom. The first-order valence-corrected chi connectivity index (χ1v) is 13.8. The molecule has 1 aliphatic heterocycles. The Balaban J connectivity index is 1.50. The molecule has 9 nitrogen and oxygen atoms in total. The molecule has 1 heterocycles. The predicted molar refractivity (Wildman–Crippen MR) is 149 cm³/mol. The number of aromatic carboxylic acids is 1. The number of aliphatic carboxylic acids is 1. The number of carbonyl (C=O) groups excluding carboxylic acids is 1. The molecule has 3 aromatic rings. The Labute approximate surface area is 236 Å². The number of carboxylic acid groups (broad SMARTS) is 2. The largest absolute Gasteiger partial charge is 0.481 e. The van der Waals surface area contributed by atoms with Crippen molar-refractivity contribution >= 4 is 35.3 Å². The number of rotatable bonds is 11. The van der Waals surface area contributed by atoms with Gasteiger partial charge in [0, 0.05) is 34.2 Å². The third kappa shape index (κ3) is 7.70. The van der Waals surface area contributed by atoms with E-state index in [4.69, 9.17) is 19.7 Å². The number of aliphatic hydroxyl groups excluding tert-OH is 1. The summed E-state index contributed by atoms with van der Waals surface area (Å²) in [5, 5.41) is 30.1. The molecule has 3 aromatic carbocycles. The number of hydrogen-bond donors (Lipinski definition) is 4. The van der Waals surface area contributed by atoms with Gasteiger partial charge in [0.1, 0.15) is 0 Å². The SMILES string of the molecule is C[C@H]1[C@@H](CSc2ccc(C(=O)O)cc2)O[C@@H](c2ccc(NC(=O)CCC(=O)O)cc2)O[C@H]1c1ccc(CO)cc1. The van der Waals surface area contributed by atoms with Gasteiger partial charge >= 0.3 is 11.9 Å². The van der Waals surface area contributed by atoms with Gasteiger partial charge in [-0.25, -0.2) is 4.79 Å². The van der Waals surface area contributed by atoms with Crippen molar-refractivity contribution in [2.75, 3.05) is 11.1 Å². The number of ether oxygens (including phenoxy) is 2. The Morgan fingerprint density at radius 3 is 2.10 bits per heavy atom. The number of thioether (sulfide) groups is 1. The van der Waals surface area contributed by atoms with E-state index in [1.807, 2.05) is 24.3 Å². The first-order chi connectivity index (χ1) is 19.2. The van der Waals surface area contributed by atoms with Gasteiger partial charge in [-0.1, -0.05) is 43.3 Å². The zero-order chi connectivity index (χ0) is 28.6. The average molecular weight is 566 g/mol. The fourth-order valence-electron chi connectivity index (χ4n) is 4.35. The van der Waals surface area contributed by atoms with Crippen LogP contribution in [0.4, 0.5) is 5.69 Å². The molecule has 0 unspecified atom stereocenters. The summed E-state index contributed by atoms with van der Waals surface area (Å²) in [6, 6.07) is 21.4. The molecule has 1 aliphatic rings. The molecule has 1 amide bonds. The molecule has 40 heavy (non-hydrogen) atoms. The molecule has 210 valence electrons. The molecule has 1 fully saturated rings. The van der Waals surface area contributed by atoms with Crippen LogP contribution in [0, 0.1) is 5.92 Å². The quantitative estimate of drug-likeness (QED) is 0.229. The van der Waals surface area contributed by atoms with Crippen molar-refractivity contribution in [2.24, 2.45) is 5.92 Å². The third-order valence-corrected chi connectivity index (χ3v) is 7.77. The Bertz CT molecular complexity index is 1310. The number of aliphatic hydroxyl groups is 1. The lowest BCUT2D eigenvalue weighted by Crippen LogP contribution is -2.38. The van der Waals surface area contributed by atoms with Gasteiger partial charge in [0.2, 0.25) is 5.91 Å². The summed E-state index contributed by atoms with van der Waals surface area (Å²) in [5.41, 5.74) is 3.29. The maximum absolute atomic E-state index is 12.0. The second-order valence-electron chi connectivity index (χ2n) is 9.53. The zero-order valence-corrected chi connectivity index (χ0v) is 22.7. The van der Waals surface area contributed by atoms with Gasteiger partial charge in [-0.3, -0.25) is 9.59 Å². The van der Waals surface area contributed by atoms with Crippen molar-refractivity contribution in [1.29, 1.82) is 0 Å². The minimum Gasteiger partial charge on any atom is -0.481 e. The van der Waals surface area contributed by atoms with Crippen LogP contribution in [0.25, 0.3) is 0 Å². The molecular weight excluding hydrogens is 534 g/mol. The molecule has 0 radical (unpaired) electrons. The fraction of sp³-hybridized carbons (Fsp3) is 0.300. The lowest BCUT2D eigenvalue weighted by molar-refractivity contribution is -0.268. The van der Waals surface area contributed by atoms with E-state index in [9.17, 15) is 19.5 Å². The molecule has 1 saturated heterocycles. The number of nitrogens with one attached hydrogen (secondary N) is 1. The minimum absolute atomic E-state index is 0.0187. The van der Waals surface area contributed by atoms with Crippen LogP contribution in [-0.4, -0.2) is 45.0 Å². The molecule has 10 heteroatoms. The number of benzene rings is 3. The number of carbonyl (C=O) groups is 3.